The van der Waals surface area contributed by atoms with Crippen LogP contribution in [0.5, 0.6) is 5.75 Å². The Kier molecular flexibility index (Phi) is 2.37. The number of hydrogen-bond donors (Lipinski definition) is 0. The van der Waals surface area contributed by atoms with E-state index in [0.29, 0.717) is 0 Å². The molecule has 3 rings (SSSR count). The second-order valence-corrected chi connectivity index (χ2v) is 4.86. The summed E-state index contributed by atoms with van der Waals surface area (Å²) in [6.07, 6.45) is 1.14. The zero-order valence-electron chi connectivity index (χ0n) is 10.7. The number of hydrogen-bond acceptors (Lipinski definition) is 2. The van der Waals surface area contributed by atoms with Gasteiger partial charge in [-0.15, -0.1) is 0 Å². The average molecular weight is 230 g/mol. The fourth-order valence-corrected chi connectivity index (χ4v) is 2.80. The Bertz CT molecular complexity index is 571. The van der Waals surface area contributed by atoms with E-state index >= 15 is 0 Å². The Morgan fingerprint density at radius 2 is 2.06 bits per heavy atom. The first kappa shape index (κ1) is 10.7. The lowest BCUT2D eigenvalue weighted by Gasteiger charge is -2.23. The van der Waals surface area contributed by atoms with E-state index in [2.05, 4.69) is 35.7 Å². The number of fused-ring (bicyclic) bond motifs is 3. The van der Waals surface area contributed by atoms with E-state index < -0.39 is 0 Å². The lowest BCUT2D eigenvalue weighted by atomic mass is 10.0. The highest BCUT2D eigenvalue weighted by Gasteiger charge is 2.20. The van der Waals surface area contributed by atoms with Crippen molar-refractivity contribution in [2.75, 3.05) is 20.7 Å². The van der Waals surface area contributed by atoms with Gasteiger partial charge in [0.25, 0.3) is 0 Å². The zero-order valence-corrected chi connectivity index (χ0v) is 10.7. The van der Waals surface area contributed by atoms with Crippen LogP contribution >= 0.6 is 0 Å². The van der Waals surface area contributed by atoms with Crippen molar-refractivity contribution in [2.24, 2.45) is 7.05 Å². The van der Waals surface area contributed by atoms with Crippen molar-refractivity contribution in [3.8, 4) is 5.75 Å². The summed E-state index contributed by atoms with van der Waals surface area (Å²) in [4.78, 5) is 2.37. The first-order valence-electron chi connectivity index (χ1n) is 6.03. The fourth-order valence-electron chi connectivity index (χ4n) is 2.80. The normalized spacial score (nSPS) is 16.2. The molecule has 17 heavy (non-hydrogen) atoms. The van der Waals surface area contributed by atoms with Gasteiger partial charge in [-0.25, -0.2) is 0 Å². The maximum Gasteiger partial charge on any atom is 0.119 e. The molecule has 1 aliphatic rings. The van der Waals surface area contributed by atoms with Crippen molar-refractivity contribution < 1.29 is 4.74 Å². The number of aromatic nitrogens is 1. The molecule has 1 aliphatic heterocycles. The minimum Gasteiger partial charge on any atom is -0.497 e. The minimum atomic E-state index is 0.949. The molecule has 0 amide bonds. The number of rotatable bonds is 1. The van der Waals surface area contributed by atoms with Crippen LogP contribution in [0, 0.1) is 0 Å². The number of likely N-dealkylation sites (N-methyl/N-ethyl adjacent to an activating group) is 1. The molecule has 0 aliphatic carbocycles. The average Bonchev–Trinajstić information content (AvgIpc) is 2.62. The number of nitrogens with zero attached hydrogens (tertiary/aromatic N) is 2. The molecule has 2 aromatic rings. The summed E-state index contributed by atoms with van der Waals surface area (Å²) in [6.45, 7) is 2.19. The molecule has 0 N–H and O–H groups in total. The molecule has 0 bridgehead atoms. The molecule has 1 aromatic carbocycles. The van der Waals surface area contributed by atoms with E-state index in [9.17, 15) is 0 Å². The molecule has 1 aromatic heterocycles. The maximum atomic E-state index is 5.32. The molecule has 0 radical (unpaired) electrons. The first-order valence-corrected chi connectivity index (χ1v) is 6.03. The van der Waals surface area contributed by atoms with E-state index in [4.69, 9.17) is 4.74 Å². The van der Waals surface area contributed by atoms with Crippen LogP contribution in [0.2, 0.25) is 0 Å². The van der Waals surface area contributed by atoms with Crippen molar-refractivity contribution in [2.45, 2.75) is 13.0 Å². The molecule has 0 fully saturated rings. The van der Waals surface area contributed by atoms with Crippen LogP contribution in [0.4, 0.5) is 0 Å². The van der Waals surface area contributed by atoms with E-state index in [0.717, 1.165) is 25.3 Å². The summed E-state index contributed by atoms with van der Waals surface area (Å²) in [5.41, 5.74) is 4.26. The van der Waals surface area contributed by atoms with Gasteiger partial charge in [-0.1, -0.05) is 0 Å². The highest BCUT2D eigenvalue weighted by Crippen LogP contribution is 2.31. The van der Waals surface area contributed by atoms with E-state index in [1.54, 1.807) is 7.11 Å². The van der Waals surface area contributed by atoms with Crippen molar-refractivity contribution in [1.82, 2.24) is 9.47 Å². The van der Waals surface area contributed by atoms with Crippen LogP contribution in [-0.2, 0) is 20.0 Å². The topological polar surface area (TPSA) is 17.4 Å². The van der Waals surface area contributed by atoms with E-state index in [1.165, 1.54) is 22.2 Å². The third kappa shape index (κ3) is 1.53. The Hall–Kier alpha value is -1.48. The second-order valence-electron chi connectivity index (χ2n) is 4.86. The van der Waals surface area contributed by atoms with Crippen LogP contribution in [-0.4, -0.2) is 30.2 Å². The van der Waals surface area contributed by atoms with Crippen molar-refractivity contribution in [1.29, 1.82) is 0 Å². The van der Waals surface area contributed by atoms with Gasteiger partial charge in [0, 0.05) is 36.7 Å². The summed E-state index contributed by atoms with van der Waals surface area (Å²) in [6, 6.07) is 6.36. The molecular weight excluding hydrogens is 212 g/mol. The summed E-state index contributed by atoms with van der Waals surface area (Å²) in [5, 5.41) is 1.36. The van der Waals surface area contributed by atoms with Gasteiger partial charge >= 0.3 is 0 Å². The first-order chi connectivity index (χ1) is 8.20. The number of ether oxygens (including phenoxy) is 1. The molecule has 0 spiro atoms. The molecule has 3 heteroatoms. The van der Waals surface area contributed by atoms with Gasteiger partial charge in [-0.05, 0) is 37.2 Å². The smallest absolute Gasteiger partial charge is 0.119 e. The van der Waals surface area contributed by atoms with Crippen LogP contribution < -0.4 is 4.74 Å². The molecule has 3 nitrogen and oxygen atoms in total. The zero-order chi connectivity index (χ0) is 12.0. The van der Waals surface area contributed by atoms with E-state index in [1.807, 2.05) is 6.07 Å². The molecule has 0 atom stereocenters. The fraction of sp³-hybridized carbons (Fsp3) is 0.429. The van der Waals surface area contributed by atoms with Gasteiger partial charge in [0.05, 0.1) is 7.11 Å². The molecule has 0 saturated heterocycles. The van der Waals surface area contributed by atoms with Crippen molar-refractivity contribution >= 4 is 10.9 Å². The molecule has 0 saturated carbocycles. The molecule has 0 unspecified atom stereocenters. The monoisotopic (exact) mass is 230 g/mol. The van der Waals surface area contributed by atoms with E-state index in [-0.39, 0.29) is 0 Å². The highest BCUT2D eigenvalue weighted by atomic mass is 16.5. The van der Waals surface area contributed by atoms with Gasteiger partial charge < -0.3 is 14.2 Å². The maximum absolute atomic E-state index is 5.32. The largest absolute Gasteiger partial charge is 0.497 e. The third-order valence-electron chi connectivity index (χ3n) is 3.81. The third-order valence-corrected chi connectivity index (χ3v) is 3.81. The standard InChI is InChI=1S/C14H18N2O/c1-15-7-6-11-12-8-10(17-3)4-5-13(12)16(2)14(11)9-15/h4-5,8H,6-7,9H2,1-3H3. The van der Waals surface area contributed by atoms with Crippen LogP contribution in [0.1, 0.15) is 11.3 Å². The Balaban J connectivity index is 2.26. The van der Waals surface area contributed by atoms with Gasteiger partial charge in [-0.3, -0.25) is 0 Å². The van der Waals surface area contributed by atoms with Gasteiger partial charge in [0.1, 0.15) is 5.75 Å². The minimum absolute atomic E-state index is 0.949. The Morgan fingerprint density at radius 3 is 2.82 bits per heavy atom. The van der Waals surface area contributed by atoms with Crippen LogP contribution in [0.3, 0.4) is 0 Å². The quantitative estimate of drug-likeness (QED) is 0.747. The summed E-state index contributed by atoms with van der Waals surface area (Å²) in [7, 11) is 6.07. The van der Waals surface area contributed by atoms with Crippen molar-refractivity contribution in [3.05, 3.63) is 29.5 Å². The number of benzene rings is 1. The summed E-state index contributed by atoms with van der Waals surface area (Å²) in [5.74, 6) is 0.949. The van der Waals surface area contributed by atoms with Gasteiger partial charge in [0.15, 0.2) is 0 Å². The van der Waals surface area contributed by atoms with Crippen LogP contribution in [0.15, 0.2) is 18.2 Å². The highest BCUT2D eigenvalue weighted by molar-refractivity contribution is 5.87. The summed E-state index contributed by atoms with van der Waals surface area (Å²) >= 11 is 0. The Morgan fingerprint density at radius 1 is 1.24 bits per heavy atom. The molecule has 90 valence electrons. The second kappa shape index (κ2) is 3.77. The van der Waals surface area contributed by atoms with Gasteiger partial charge in [-0.2, -0.15) is 0 Å². The van der Waals surface area contributed by atoms with Crippen molar-refractivity contribution in [3.63, 3.8) is 0 Å². The predicted molar refractivity (Wildman–Crippen MR) is 69.5 cm³/mol. The SMILES string of the molecule is COc1ccc2c(c1)c1c(n2C)CN(C)CC1. The summed E-state index contributed by atoms with van der Waals surface area (Å²) < 4.78 is 7.64. The van der Waals surface area contributed by atoms with Gasteiger partial charge in [0.2, 0.25) is 0 Å². The Labute approximate surface area is 102 Å². The lowest BCUT2D eigenvalue weighted by Crippen LogP contribution is -2.27. The molecule has 2 heterocycles. The van der Waals surface area contributed by atoms with Crippen LogP contribution in [0.25, 0.3) is 10.9 Å². The number of aryl methyl sites for hydroxylation is 1. The lowest BCUT2D eigenvalue weighted by molar-refractivity contribution is 0.305. The predicted octanol–water partition coefficient (Wildman–Crippen LogP) is 2.17. The number of methoxy groups -OCH3 is 1. The molecular formula is C14H18N2O.